The summed E-state index contributed by atoms with van der Waals surface area (Å²) in [5, 5.41) is 5.94. The molecular formula is C19H27N5O3. The molecule has 2 aromatic rings. The van der Waals surface area contributed by atoms with Crippen LogP contribution < -0.4 is 20.1 Å². The molecule has 1 aromatic heterocycles. The molecule has 0 aliphatic rings. The Morgan fingerprint density at radius 3 is 2.48 bits per heavy atom. The Balaban J connectivity index is 1.83. The van der Waals surface area contributed by atoms with Crippen LogP contribution in [0.15, 0.2) is 30.3 Å². The zero-order valence-corrected chi connectivity index (χ0v) is 16.3. The number of anilines is 1. The molecule has 0 saturated carbocycles. The molecule has 8 heteroatoms. The maximum absolute atomic E-state index is 12.2. The lowest BCUT2D eigenvalue weighted by Gasteiger charge is -2.11. The average Bonchev–Trinajstić information content (AvgIpc) is 2.65. The molecule has 1 heterocycles. The Labute approximate surface area is 159 Å². The number of rotatable bonds is 10. The number of carbonyl (C=O) groups excluding carboxylic acids is 1. The number of likely N-dealkylation sites (N-methyl/N-ethyl adjacent to an activating group) is 1. The van der Waals surface area contributed by atoms with Crippen molar-refractivity contribution in [1.82, 2.24) is 20.2 Å². The fourth-order valence-electron chi connectivity index (χ4n) is 2.25. The van der Waals surface area contributed by atoms with E-state index in [0.29, 0.717) is 31.3 Å². The fraction of sp³-hybridized carbons (Fsp3) is 0.421. The molecule has 0 bridgehead atoms. The first-order valence-corrected chi connectivity index (χ1v) is 8.77. The summed E-state index contributed by atoms with van der Waals surface area (Å²) in [5.41, 5.74) is 1.07. The van der Waals surface area contributed by atoms with Gasteiger partial charge in [-0.05, 0) is 51.4 Å². The number of aryl methyl sites for hydroxylation is 1. The van der Waals surface area contributed by atoms with Gasteiger partial charge in [-0.25, -0.2) is 9.97 Å². The summed E-state index contributed by atoms with van der Waals surface area (Å²) in [6, 6.07) is 9.04. The summed E-state index contributed by atoms with van der Waals surface area (Å²) in [5.74, 6) is 1.74. The molecule has 0 radical (unpaired) electrons. The maximum atomic E-state index is 12.2. The predicted octanol–water partition coefficient (Wildman–Crippen LogP) is 1.58. The normalized spacial score (nSPS) is 10.6. The van der Waals surface area contributed by atoms with Crippen LogP contribution in [0.1, 0.15) is 16.2 Å². The summed E-state index contributed by atoms with van der Waals surface area (Å²) < 4.78 is 10.8. The lowest BCUT2D eigenvalue weighted by Crippen LogP contribution is -2.32. The summed E-state index contributed by atoms with van der Waals surface area (Å²) in [6.45, 7) is 4.11. The number of benzene rings is 1. The number of nitrogens with zero attached hydrogens (tertiary/aromatic N) is 3. The fourth-order valence-corrected chi connectivity index (χ4v) is 2.25. The molecule has 0 atom stereocenters. The van der Waals surface area contributed by atoms with Gasteiger partial charge in [0.2, 0.25) is 5.95 Å². The molecule has 0 aliphatic heterocycles. The molecule has 1 aromatic carbocycles. The molecule has 8 nitrogen and oxygen atoms in total. The molecule has 0 aliphatic carbocycles. The minimum Gasteiger partial charge on any atom is -0.497 e. The van der Waals surface area contributed by atoms with E-state index in [1.165, 1.54) is 0 Å². The topological polar surface area (TPSA) is 88.6 Å². The molecule has 146 valence electrons. The summed E-state index contributed by atoms with van der Waals surface area (Å²) in [6.07, 6.45) is 0. The molecule has 0 unspecified atom stereocenters. The molecule has 27 heavy (non-hydrogen) atoms. The van der Waals surface area contributed by atoms with Crippen LogP contribution in [-0.4, -0.2) is 68.2 Å². The standard InChI is InChI=1S/C19H27N5O3/c1-14-13-17(18(25)20-9-11-24(2)3)23-19(22-14)21-10-12-27-16-7-5-15(26-4)6-8-16/h5-8,13H,9-12H2,1-4H3,(H,20,25)(H,21,22,23). The predicted molar refractivity (Wildman–Crippen MR) is 105 cm³/mol. The lowest BCUT2D eigenvalue weighted by molar-refractivity contribution is 0.0946. The van der Waals surface area contributed by atoms with Gasteiger partial charge in [-0.3, -0.25) is 4.79 Å². The van der Waals surface area contributed by atoms with E-state index in [9.17, 15) is 4.79 Å². The highest BCUT2D eigenvalue weighted by Crippen LogP contribution is 2.16. The molecule has 0 spiro atoms. The van der Waals surface area contributed by atoms with Gasteiger partial charge in [-0.1, -0.05) is 0 Å². The van der Waals surface area contributed by atoms with Crippen LogP contribution in [0.25, 0.3) is 0 Å². The Morgan fingerprint density at radius 1 is 1.11 bits per heavy atom. The third-order valence-electron chi connectivity index (χ3n) is 3.64. The largest absolute Gasteiger partial charge is 0.497 e. The smallest absolute Gasteiger partial charge is 0.270 e. The number of hydrogen-bond acceptors (Lipinski definition) is 7. The number of aromatic nitrogens is 2. The van der Waals surface area contributed by atoms with Gasteiger partial charge in [0.05, 0.1) is 13.7 Å². The van der Waals surface area contributed by atoms with E-state index in [-0.39, 0.29) is 5.91 Å². The van der Waals surface area contributed by atoms with Crippen molar-refractivity contribution in [3.63, 3.8) is 0 Å². The van der Waals surface area contributed by atoms with E-state index in [1.54, 1.807) is 13.2 Å². The van der Waals surface area contributed by atoms with E-state index in [4.69, 9.17) is 9.47 Å². The summed E-state index contributed by atoms with van der Waals surface area (Å²) >= 11 is 0. The van der Waals surface area contributed by atoms with Crippen molar-refractivity contribution in [1.29, 1.82) is 0 Å². The number of hydrogen-bond donors (Lipinski definition) is 2. The van der Waals surface area contributed by atoms with Crippen molar-refractivity contribution in [2.75, 3.05) is 52.8 Å². The minimum atomic E-state index is -0.208. The molecular weight excluding hydrogens is 346 g/mol. The van der Waals surface area contributed by atoms with Crippen molar-refractivity contribution >= 4 is 11.9 Å². The molecule has 1 amide bonds. The number of methoxy groups -OCH3 is 1. The van der Waals surface area contributed by atoms with Crippen LogP contribution in [0, 0.1) is 6.92 Å². The molecule has 2 N–H and O–H groups in total. The Hall–Kier alpha value is -2.87. The summed E-state index contributed by atoms with van der Waals surface area (Å²) in [7, 11) is 5.53. The zero-order valence-electron chi connectivity index (χ0n) is 16.3. The van der Waals surface area contributed by atoms with Crippen molar-refractivity contribution < 1.29 is 14.3 Å². The number of nitrogens with one attached hydrogen (secondary N) is 2. The highest BCUT2D eigenvalue weighted by Gasteiger charge is 2.10. The second kappa shape index (κ2) is 10.3. The highest BCUT2D eigenvalue weighted by molar-refractivity contribution is 5.92. The maximum Gasteiger partial charge on any atom is 0.270 e. The average molecular weight is 373 g/mol. The monoisotopic (exact) mass is 373 g/mol. The van der Waals surface area contributed by atoms with Crippen LogP contribution in [-0.2, 0) is 0 Å². The Morgan fingerprint density at radius 2 is 1.81 bits per heavy atom. The van der Waals surface area contributed by atoms with Gasteiger partial charge < -0.3 is 25.0 Å². The van der Waals surface area contributed by atoms with Crippen molar-refractivity contribution in [2.24, 2.45) is 0 Å². The van der Waals surface area contributed by atoms with Crippen molar-refractivity contribution in [3.05, 3.63) is 41.7 Å². The summed E-state index contributed by atoms with van der Waals surface area (Å²) in [4.78, 5) is 22.8. The third kappa shape index (κ3) is 7.10. The van der Waals surface area contributed by atoms with E-state index in [1.807, 2.05) is 50.2 Å². The zero-order chi connectivity index (χ0) is 19.6. The van der Waals surface area contributed by atoms with E-state index < -0.39 is 0 Å². The van der Waals surface area contributed by atoms with Gasteiger partial charge in [0.1, 0.15) is 23.8 Å². The van der Waals surface area contributed by atoms with E-state index >= 15 is 0 Å². The van der Waals surface area contributed by atoms with Crippen LogP contribution >= 0.6 is 0 Å². The first-order valence-electron chi connectivity index (χ1n) is 8.77. The number of amides is 1. The third-order valence-corrected chi connectivity index (χ3v) is 3.64. The molecule has 0 fully saturated rings. The van der Waals surface area contributed by atoms with Gasteiger partial charge in [0, 0.05) is 18.8 Å². The van der Waals surface area contributed by atoms with E-state index in [2.05, 4.69) is 20.6 Å². The van der Waals surface area contributed by atoms with Crippen LogP contribution in [0.4, 0.5) is 5.95 Å². The Kier molecular flexibility index (Phi) is 7.81. The van der Waals surface area contributed by atoms with Crippen LogP contribution in [0.2, 0.25) is 0 Å². The van der Waals surface area contributed by atoms with E-state index in [0.717, 1.165) is 23.7 Å². The van der Waals surface area contributed by atoms with Gasteiger partial charge in [-0.2, -0.15) is 0 Å². The number of ether oxygens (including phenoxy) is 2. The second-order valence-electron chi connectivity index (χ2n) is 6.23. The van der Waals surface area contributed by atoms with Gasteiger partial charge in [-0.15, -0.1) is 0 Å². The molecule has 2 rings (SSSR count). The SMILES string of the molecule is COc1ccc(OCCNc2nc(C)cc(C(=O)NCCN(C)C)n2)cc1. The quantitative estimate of drug-likeness (QED) is 0.611. The lowest BCUT2D eigenvalue weighted by atomic mass is 10.3. The number of carbonyl (C=O) groups is 1. The minimum absolute atomic E-state index is 0.208. The van der Waals surface area contributed by atoms with Gasteiger partial charge in [0.25, 0.3) is 5.91 Å². The second-order valence-corrected chi connectivity index (χ2v) is 6.23. The van der Waals surface area contributed by atoms with Gasteiger partial charge in [0.15, 0.2) is 0 Å². The molecule has 0 saturated heterocycles. The van der Waals surface area contributed by atoms with Crippen molar-refractivity contribution in [3.8, 4) is 11.5 Å². The van der Waals surface area contributed by atoms with Crippen LogP contribution in [0.3, 0.4) is 0 Å². The first-order chi connectivity index (χ1) is 13.0. The van der Waals surface area contributed by atoms with Gasteiger partial charge >= 0.3 is 0 Å². The Bertz CT molecular complexity index is 735. The highest BCUT2D eigenvalue weighted by atomic mass is 16.5. The van der Waals surface area contributed by atoms with Crippen molar-refractivity contribution in [2.45, 2.75) is 6.92 Å². The first kappa shape index (κ1) is 20.4. The van der Waals surface area contributed by atoms with Crippen LogP contribution in [0.5, 0.6) is 11.5 Å².